The molecule has 1 N–H and O–H groups in total. The highest BCUT2D eigenvalue weighted by molar-refractivity contribution is 7.14. The lowest BCUT2D eigenvalue weighted by molar-refractivity contribution is -0.107. The summed E-state index contributed by atoms with van der Waals surface area (Å²) in [4.78, 5) is 11.4. The summed E-state index contributed by atoms with van der Waals surface area (Å²) in [6.45, 7) is 6.52. The van der Waals surface area contributed by atoms with Crippen LogP contribution in [-0.4, -0.2) is 11.4 Å². The van der Waals surface area contributed by atoms with Crippen LogP contribution in [0.25, 0.3) is 10.4 Å². The summed E-state index contributed by atoms with van der Waals surface area (Å²) in [5.41, 5.74) is 3.08. The van der Waals surface area contributed by atoms with E-state index < -0.39 is 0 Å². The predicted molar refractivity (Wildman–Crippen MR) is 79.9 cm³/mol. The van der Waals surface area contributed by atoms with Gasteiger partial charge in [-0.15, -0.1) is 11.3 Å². The Morgan fingerprint density at radius 1 is 1.21 bits per heavy atom. The van der Waals surface area contributed by atoms with E-state index >= 15 is 0 Å². The number of carbonyl (C=O) groups excluding carboxylic acids is 1. The van der Waals surface area contributed by atoms with Crippen molar-refractivity contribution in [1.29, 1.82) is 0 Å². The second-order valence-corrected chi connectivity index (χ2v) is 6.52. The molecular weight excluding hydrogens is 256 g/mol. The Balaban J connectivity index is 2.35. The first-order valence-electron chi connectivity index (χ1n) is 6.27. The summed E-state index contributed by atoms with van der Waals surface area (Å²) < 4.78 is 0. The first kappa shape index (κ1) is 13.8. The van der Waals surface area contributed by atoms with E-state index in [9.17, 15) is 9.90 Å². The second kappa shape index (κ2) is 5.17. The number of hydrogen-bond donors (Lipinski definition) is 1. The van der Waals surface area contributed by atoms with Gasteiger partial charge < -0.3 is 9.90 Å². The minimum atomic E-state index is 0.124. The number of carbonyl (C=O) groups is 1. The number of hydrogen-bond acceptors (Lipinski definition) is 3. The van der Waals surface area contributed by atoms with Gasteiger partial charge >= 0.3 is 0 Å². The van der Waals surface area contributed by atoms with Crippen molar-refractivity contribution in [3.05, 3.63) is 40.8 Å². The van der Waals surface area contributed by atoms with Crippen LogP contribution in [0.1, 0.15) is 31.9 Å². The van der Waals surface area contributed by atoms with E-state index in [-0.39, 0.29) is 17.6 Å². The zero-order chi connectivity index (χ0) is 14.0. The van der Waals surface area contributed by atoms with Gasteiger partial charge in [0, 0.05) is 12.0 Å². The minimum Gasteiger partial charge on any atom is -0.506 e. The highest BCUT2D eigenvalue weighted by Crippen LogP contribution is 2.39. The molecule has 2 rings (SSSR count). The van der Waals surface area contributed by atoms with Crippen molar-refractivity contribution in [2.24, 2.45) is 0 Å². The maximum Gasteiger partial charge on any atom is 0.137 e. The van der Waals surface area contributed by atoms with Crippen LogP contribution in [0, 0.1) is 0 Å². The molecule has 0 saturated carbocycles. The van der Waals surface area contributed by atoms with E-state index in [4.69, 9.17) is 0 Å². The van der Waals surface area contributed by atoms with Gasteiger partial charge in [-0.1, -0.05) is 45.0 Å². The van der Waals surface area contributed by atoms with Crippen molar-refractivity contribution in [2.75, 3.05) is 0 Å². The van der Waals surface area contributed by atoms with Crippen LogP contribution < -0.4 is 0 Å². The van der Waals surface area contributed by atoms with Crippen LogP contribution in [0.3, 0.4) is 0 Å². The SMILES string of the molecule is CC(C)(C)c1ccc(-c2scc(CC=O)c2O)cc1. The van der Waals surface area contributed by atoms with Crippen LogP contribution in [0.15, 0.2) is 29.6 Å². The van der Waals surface area contributed by atoms with Crippen molar-refractivity contribution >= 4 is 17.6 Å². The third-order valence-corrected chi connectivity index (χ3v) is 4.22. The topological polar surface area (TPSA) is 37.3 Å². The number of aldehydes is 1. The largest absolute Gasteiger partial charge is 0.506 e. The minimum absolute atomic E-state index is 0.124. The van der Waals surface area contributed by atoms with Crippen molar-refractivity contribution in [3.63, 3.8) is 0 Å². The Morgan fingerprint density at radius 2 is 1.84 bits per heavy atom. The maximum atomic E-state index is 10.5. The zero-order valence-corrected chi connectivity index (χ0v) is 12.3. The number of aromatic hydroxyl groups is 1. The van der Waals surface area contributed by atoms with E-state index in [1.807, 2.05) is 17.5 Å². The monoisotopic (exact) mass is 274 g/mol. The molecule has 100 valence electrons. The fourth-order valence-electron chi connectivity index (χ4n) is 1.95. The van der Waals surface area contributed by atoms with Gasteiger partial charge in [0.2, 0.25) is 0 Å². The fourth-order valence-corrected chi connectivity index (χ4v) is 2.93. The Bertz CT molecular complexity index is 574. The predicted octanol–water partition coefficient (Wildman–Crippen LogP) is 4.16. The zero-order valence-electron chi connectivity index (χ0n) is 11.4. The van der Waals surface area contributed by atoms with Crippen LogP contribution in [0.2, 0.25) is 0 Å². The van der Waals surface area contributed by atoms with Gasteiger partial charge in [-0.2, -0.15) is 0 Å². The smallest absolute Gasteiger partial charge is 0.137 e. The normalized spacial score (nSPS) is 11.5. The molecule has 0 bridgehead atoms. The molecule has 0 fully saturated rings. The molecule has 3 heteroatoms. The number of thiophene rings is 1. The summed E-state index contributed by atoms with van der Waals surface area (Å²) in [5, 5.41) is 11.9. The highest BCUT2D eigenvalue weighted by Gasteiger charge is 2.15. The van der Waals surface area contributed by atoms with Gasteiger partial charge in [0.25, 0.3) is 0 Å². The summed E-state index contributed by atoms with van der Waals surface area (Å²) in [5.74, 6) is 0.237. The lowest BCUT2D eigenvalue weighted by Crippen LogP contribution is -2.10. The first-order chi connectivity index (χ1) is 8.93. The molecule has 0 atom stereocenters. The molecular formula is C16H18O2S. The Labute approximate surface area is 117 Å². The lowest BCUT2D eigenvalue weighted by Gasteiger charge is -2.19. The third-order valence-electron chi connectivity index (χ3n) is 3.15. The summed E-state index contributed by atoms with van der Waals surface area (Å²) >= 11 is 1.47. The molecule has 1 heterocycles. The highest BCUT2D eigenvalue weighted by atomic mass is 32.1. The van der Waals surface area contributed by atoms with Gasteiger partial charge in [-0.25, -0.2) is 0 Å². The summed E-state index contributed by atoms with van der Waals surface area (Å²) in [6, 6.07) is 8.23. The first-order valence-corrected chi connectivity index (χ1v) is 7.15. The molecule has 1 aromatic heterocycles. The third kappa shape index (κ3) is 2.87. The van der Waals surface area contributed by atoms with Crippen LogP contribution in [0.5, 0.6) is 5.75 Å². The van der Waals surface area contributed by atoms with E-state index in [1.54, 1.807) is 0 Å². The quantitative estimate of drug-likeness (QED) is 0.853. The molecule has 0 saturated heterocycles. The average molecular weight is 274 g/mol. The van der Waals surface area contributed by atoms with Crippen molar-refractivity contribution in [2.45, 2.75) is 32.6 Å². The van der Waals surface area contributed by atoms with E-state index in [0.717, 1.165) is 16.7 Å². The van der Waals surface area contributed by atoms with Gasteiger partial charge in [-0.05, 0) is 21.9 Å². The van der Waals surface area contributed by atoms with Crippen molar-refractivity contribution < 1.29 is 9.90 Å². The van der Waals surface area contributed by atoms with Crippen molar-refractivity contribution in [3.8, 4) is 16.2 Å². The molecule has 0 unspecified atom stereocenters. The Hall–Kier alpha value is -1.61. The van der Waals surface area contributed by atoms with Crippen LogP contribution in [-0.2, 0) is 16.6 Å². The standard InChI is InChI=1S/C16H18O2S/c1-16(2,3)13-6-4-11(5-7-13)15-14(18)12(8-9-17)10-19-15/h4-7,9-10,18H,8H2,1-3H3. The number of rotatable bonds is 3. The molecule has 0 aliphatic rings. The molecule has 1 aromatic carbocycles. The Morgan fingerprint density at radius 3 is 2.37 bits per heavy atom. The second-order valence-electron chi connectivity index (χ2n) is 5.64. The van der Waals surface area contributed by atoms with Crippen molar-refractivity contribution in [1.82, 2.24) is 0 Å². The van der Waals surface area contributed by atoms with Gasteiger partial charge in [0.05, 0.1) is 4.88 Å². The number of benzene rings is 1. The maximum absolute atomic E-state index is 10.5. The van der Waals surface area contributed by atoms with E-state index in [1.165, 1.54) is 16.9 Å². The molecule has 0 amide bonds. The molecule has 0 aliphatic carbocycles. The lowest BCUT2D eigenvalue weighted by atomic mass is 9.86. The van der Waals surface area contributed by atoms with Crippen LogP contribution >= 0.6 is 11.3 Å². The van der Waals surface area contributed by atoms with Gasteiger partial charge in [-0.3, -0.25) is 0 Å². The molecule has 0 spiro atoms. The molecule has 2 nitrogen and oxygen atoms in total. The molecule has 0 aliphatic heterocycles. The van der Waals surface area contributed by atoms with Gasteiger partial charge in [0.15, 0.2) is 0 Å². The molecule has 19 heavy (non-hydrogen) atoms. The molecule has 0 radical (unpaired) electrons. The summed E-state index contributed by atoms with van der Waals surface area (Å²) in [7, 11) is 0. The molecule has 2 aromatic rings. The Kier molecular flexibility index (Phi) is 3.76. The fraction of sp³-hybridized carbons (Fsp3) is 0.312. The van der Waals surface area contributed by atoms with Gasteiger partial charge in [0.1, 0.15) is 12.0 Å². The summed E-state index contributed by atoms with van der Waals surface area (Å²) in [6.07, 6.45) is 1.08. The average Bonchev–Trinajstić information content (AvgIpc) is 2.71. The van der Waals surface area contributed by atoms with Crippen LogP contribution in [0.4, 0.5) is 0 Å². The van der Waals surface area contributed by atoms with E-state index in [2.05, 4.69) is 32.9 Å². The van der Waals surface area contributed by atoms with E-state index in [0.29, 0.717) is 5.56 Å².